The first kappa shape index (κ1) is 25.3. The molecule has 1 saturated heterocycles. The molecule has 0 radical (unpaired) electrons. The number of ether oxygens (including phenoxy) is 3. The van der Waals surface area contributed by atoms with Crippen LogP contribution >= 0.6 is 11.3 Å². The summed E-state index contributed by atoms with van der Waals surface area (Å²) in [5.41, 5.74) is 2.20. The van der Waals surface area contributed by atoms with Gasteiger partial charge in [-0.1, -0.05) is 0 Å². The highest BCUT2D eigenvalue weighted by atomic mass is 32.1. The van der Waals surface area contributed by atoms with Crippen LogP contribution in [-0.2, 0) is 0 Å². The van der Waals surface area contributed by atoms with Crippen LogP contribution < -0.4 is 14.2 Å². The molecular formula is C30H31NO5S. The first-order valence-corrected chi connectivity index (χ1v) is 13.3. The maximum absolute atomic E-state index is 13.8. The molecule has 0 amide bonds. The number of ketones is 1. The lowest BCUT2D eigenvalue weighted by Gasteiger charge is -2.19. The van der Waals surface area contributed by atoms with E-state index < -0.39 is 6.10 Å². The Hall–Kier alpha value is -3.39. The fourth-order valence-electron chi connectivity index (χ4n) is 4.73. The number of β-amino-alcohol motifs (C(OH)–C–C–N with tert-alkyl or cyclic N) is 1. The molecule has 37 heavy (non-hydrogen) atoms. The summed E-state index contributed by atoms with van der Waals surface area (Å²) in [4.78, 5) is 17.0. The number of carbonyl (C=O) groups excluding carboxylic acids is 1. The molecule has 0 saturated carbocycles. The quantitative estimate of drug-likeness (QED) is 0.274. The number of hydrogen-bond donors (Lipinski definition) is 1. The maximum atomic E-state index is 13.8. The molecule has 6 nitrogen and oxygen atoms in total. The predicted octanol–water partition coefficient (Wildman–Crippen LogP) is 5.65. The number of methoxy groups -OCH3 is 2. The summed E-state index contributed by atoms with van der Waals surface area (Å²) >= 11 is 1.57. The van der Waals surface area contributed by atoms with Gasteiger partial charge >= 0.3 is 0 Å². The molecule has 3 aromatic carbocycles. The van der Waals surface area contributed by atoms with E-state index in [9.17, 15) is 9.90 Å². The number of nitrogens with zero attached hydrogens (tertiary/aromatic N) is 1. The van der Waals surface area contributed by atoms with Crippen molar-refractivity contribution in [1.29, 1.82) is 0 Å². The Morgan fingerprint density at radius 2 is 1.57 bits per heavy atom. The molecule has 1 N–H and O–H groups in total. The Morgan fingerprint density at radius 1 is 0.919 bits per heavy atom. The lowest BCUT2D eigenvalue weighted by atomic mass is 9.97. The SMILES string of the molecule is COc1ccc(-c2sc3cc(OC)ccc3c2C(=O)c2ccc(OCC(O)CN3CCCC3)cc2)cc1. The number of thiophene rings is 1. The number of rotatable bonds is 10. The van der Waals surface area contributed by atoms with E-state index in [1.54, 1.807) is 49.8 Å². The van der Waals surface area contributed by atoms with Gasteiger partial charge in [0, 0.05) is 32.6 Å². The van der Waals surface area contributed by atoms with Crippen LogP contribution in [0.25, 0.3) is 20.5 Å². The summed E-state index contributed by atoms with van der Waals surface area (Å²) in [7, 11) is 3.28. The van der Waals surface area contributed by atoms with E-state index in [-0.39, 0.29) is 12.4 Å². The lowest BCUT2D eigenvalue weighted by Crippen LogP contribution is -2.33. The van der Waals surface area contributed by atoms with Gasteiger partial charge < -0.3 is 24.2 Å². The second-order valence-corrected chi connectivity index (χ2v) is 10.3. The van der Waals surface area contributed by atoms with E-state index in [2.05, 4.69) is 4.90 Å². The Labute approximate surface area is 221 Å². The number of aliphatic hydroxyl groups is 1. The molecule has 1 fully saturated rings. The molecule has 0 bridgehead atoms. The Kier molecular flexibility index (Phi) is 7.74. The van der Waals surface area contributed by atoms with Gasteiger partial charge in [0.2, 0.25) is 0 Å². The third kappa shape index (κ3) is 5.64. The van der Waals surface area contributed by atoms with Gasteiger partial charge in [0.05, 0.1) is 14.2 Å². The number of fused-ring (bicyclic) bond motifs is 1. The summed E-state index contributed by atoms with van der Waals surface area (Å²) < 4.78 is 17.5. The molecule has 5 rings (SSSR count). The number of benzene rings is 3. The highest BCUT2D eigenvalue weighted by molar-refractivity contribution is 7.22. The second kappa shape index (κ2) is 11.3. The second-order valence-electron chi connectivity index (χ2n) is 9.22. The molecule has 0 aliphatic carbocycles. The zero-order valence-electron chi connectivity index (χ0n) is 21.1. The molecule has 4 aromatic rings. The minimum Gasteiger partial charge on any atom is -0.497 e. The van der Waals surface area contributed by atoms with Gasteiger partial charge in [0.1, 0.15) is 30.0 Å². The van der Waals surface area contributed by atoms with Gasteiger partial charge in [-0.2, -0.15) is 0 Å². The number of likely N-dealkylation sites (tertiary alicyclic amines) is 1. The van der Waals surface area contributed by atoms with E-state index >= 15 is 0 Å². The highest BCUT2D eigenvalue weighted by Crippen LogP contribution is 2.41. The van der Waals surface area contributed by atoms with Crippen LogP contribution in [0, 0.1) is 0 Å². The van der Waals surface area contributed by atoms with Crippen LogP contribution in [0.3, 0.4) is 0 Å². The van der Waals surface area contributed by atoms with Crippen molar-refractivity contribution in [2.45, 2.75) is 18.9 Å². The van der Waals surface area contributed by atoms with E-state index in [4.69, 9.17) is 14.2 Å². The summed E-state index contributed by atoms with van der Waals surface area (Å²) in [5.74, 6) is 2.10. The summed E-state index contributed by atoms with van der Waals surface area (Å²) in [6, 6.07) is 20.7. The van der Waals surface area contributed by atoms with Crippen LogP contribution in [0.1, 0.15) is 28.8 Å². The lowest BCUT2D eigenvalue weighted by molar-refractivity contribution is 0.0758. The Morgan fingerprint density at radius 3 is 2.24 bits per heavy atom. The van der Waals surface area contributed by atoms with Gasteiger partial charge in [-0.15, -0.1) is 11.3 Å². The summed E-state index contributed by atoms with van der Waals surface area (Å²) in [5, 5.41) is 11.2. The molecule has 7 heteroatoms. The minimum absolute atomic E-state index is 0.0529. The molecule has 1 aliphatic heterocycles. The molecule has 1 unspecified atom stereocenters. The number of carbonyl (C=O) groups is 1. The van der Waals surface area contributed by atoms with Crippen molar-refractivity contribution >= 4 is 27.2 Å². The predicted molar refractivity (Wildman–Crippen MR) is 147 cm³/mol. The van der Waals surface area contributed by atoms with Gasteiger partial charge in [-0.25, -0.2) is 0 Å². The zero-order chi connectivity index (χ0) is 25.8. The maximum Gasteiger partial charge on any atom is 0.195 e. The molecule has 1 aromatic heterocycles. The average Bonchev–Trinajstić information content (AvgIpc) is 3.59. The highest BCUT2D eigenvalue weighted by Gasteiger charge is 2.22. The number of hydrogen-bond acceptors (Lipinski definition) is 7. The van der Waals surface area contributed by atoms with Crippen molar-refractivity contribution in [3.05, 3.63) is 77.9 Å². The van der Waals surface area contributed by atoms with Crippen molar-refractivity contribution in [2.75, 3.05) is 40.5 Å². The van der Waals surface area contributed by atoms with Gasteiger partial charge in [-0.05, 0) is 98.2 Å². The minimum atomic E-state index is -0.541. The van der Waals surface area contributed by atoms with Gasteiger partial charge in [-0.3, -0.25) is 4.79 Å². The van der Waals surface area contributed by atoms with Crippen molar-refractivity contribution in [2.24, 2.45) is 0 Å². The Balaban J connectivity index is 1.39. The standard InChI is InChI=1S/C30H31NO5S/c1-34-23-9-7-21(8-10-23)30-28(26-14-13-25(35-2)17-27(26)37-30)29(33)20-5-11-24(12-6-20)36-19-22(32)18-31-15-3-4-16-31/h5-14,17,22,32H,3-4,15-16,18-19H2,1-2H3. The van der Waals surface area contributed by atoms with Crippen molar-refractivity contribution < 1.29 is 24.1 Å². The summed E-state index contributed by atoms with van der Waals surface area (Å²) in [6.07, 6.45) is 1.84. The topological polar surface area (TPSA) is 68.2 Å². The normalized spacial score (nSPS) is 14.6. The molecule has 192 valence electrons. The van der Waals surface area contributed by atoms with Crippen LogP contribution in [0.2, 0.25) is 0 Å². The first-order valence-electron chi connectivity index (χ1n) is 12.5. The van der Waals surface area contributed by atoms with Gasteiger partial charge in [0.25, 0.3) is 0 Å². The number of aliphatic hydroxyl groups excluding tert-OH is 1. The van der Waals surface area contributed by atoms with Crippen molar-refractivity contribution in [3.63, 3.8) is 0 Å². The third-order valence-electron chi connectivity index (χ3n) is 6.70. The largest absolute Gasteiger partial charge is 0.497 e. The average molecular weight is 518 g/mol. The monoisotopic (exact) mass is 517 g/mol. The Bertz CT molecular complexity index is 1360. The van der Waals surface area contributed by atoms with E-state index in [0.717, 1.165) is 45.1 Å². The smallest absolute Gasteiger partial charge is 0.195 e. The van der Waals surface area contributed by atoms with E-state index in [0.29, 0.717) is 23.4 Å². The summed E-state index contributed by atoms with van der Waals surface area (Å²) in [6.45, 7) is 2.93. The molecule has 1 aliphatic rings. The van der Waals surface area contributed by atoms with Crippen LogP contribution in [0.5, 0.6) is 17.2 Å². The molecule has 1 atom stereocenters. The van der Waals surface area contributed by atoms with Gasteiger partial charge in [0.15, 0.2) is 5.78 Å². The van der Waals surface area contributed by atoms with Crippen molar-refractivity contribution in [1.82, 2.24) is 4.90 Å². The van der Waals surface area contributed by atoms with E-state index in [1.165, 1.54) is 12.8 Å². The first-order chi connectivity index (χ1) is 18.1. The fraction of sp³-hybridized carbons (Fsp3) is 0.300. The van der Waals surface area contributed by atoms with Crippen molar-refractivity contribution in [3.8, 4) is 27.7 Å². The van der Waals surface area contributed by atoms with Crippen LogP contribution in [-0.4, -0.2) is 62.4 Å². The molecule has 2 heterocycles. The third-order valence-corrected chi connectivity index (χ3v) is 7.90. The molecular weight excluding hydrogens is 486 g/mol. The van der Waals surface area contributed by atoms with E-state index in [1.807, 2.05) is 42.5 Å². The zero-order valence-corrected chi connectivity index (χ0v) is 21.9. The van der Waals surface area contributed by atoms with Crippen LogP contribution in [0.4, 0.5) is 0 Å². The molecule has 0 spiro atoms. The van der Waals surface area contributed by atoms with Crippen LogP contribution in [0.15, 0.2) is 66.7 Å². The fourth-order valence-corrected chi connectivity index (χ4v) is 5.96.